The average molecular weight is 352 g/mol. The number of amides is 1. The first-order valence-electron chi connectivity index (χ1n) is 6.79. The number of methoxy groups -OCH3 is 1. The largest absolute Gasteiger partial charge is 0.385 e. The minimum atomic E-state index is -0.136. The van der Waals surface area contributed by atoms with Gasteiger partial charge in [0.05, 0.1) is 5.69 Å². The van der Waals surface area contributed by atoms with E-state index < -0.39 is 0 Å². The number of benzene rings is 1. The van der Waals surface area contributed by atoms with Crippen molar-refractivity contribution in [2.24, 2.45) is 0 Å². The molecule has 6 heteroatoms. The standard InChI is InChI=1S/C15H18BrN3O2/c1-21-9-3-2-8-17-15(20)14-10-13(18-19-14)11-4-6-12(16)7-5-11/h4-7,10H,2-3,8-9H2,1H3,(H,17,20)(H,18,19). The van der Waals surface area contributed by atoms with Crippen molar-refractivity contribution in [3.63, 3.8) is 0 Å². The Hall–Kier alpha value is -1.66. The number of aromatic amines is 1. The van der Waals surface area contributed by atoms with Crippen LogP contribution in [0.15, 0.2) is 34.8 Å². The Labute approximate surface area is 132 Å². The molecule has 0 spiro atoms. The van der Waals surface area contributed by atoms with E-state index in [-0.39, 0.29) is 5.91 Å². The molecule has 2 rings (SSSR count). The smallest absolute Gasteiger partial charge is 0.269 e. The lowest BCUT2D eigenvalue weighted by atomic mass is 10.1. The predicted octanol–water partition coefficient (Wildman–Crippen LogP) is 3.00. The van der Waals surface area contributed by atoms with Crippen molar-refractivity contribution in [3.05, 3.63) is 40.5 Å². The molecule has 2 N–H and O–H groups in total. The minimum Gasteiger partial charge on any atom is -0.385 e. The second-order valence-electron chi connectivity index (χ2n) is 4.63. The highest BCUT2D eigenvalue weighted by Crippen LogP contribution is 2.20. The van der Waals surface area contributed by atoms with Crippen LogP contribution in [0.2, 0.25) is 0 Å². The molecule has 21 heavy (non-hydrogen) atoms. The maximum atomic E-state index is 12.0. The van der Waals surface area contributed by atoms with Crippen LogP contribution in [0, 0.1) is 0 Å². The first kappa shape index (κ1) is 15.7. The van der Waals surface area contributed by atoms with Crippen molar-refractivity contribution < 1.29 is 9.53 Å². The summed E-state index contributed by atoms with van der Waals surface area (Å²) in [6.45, 7) is 1.35. The van der Waals surface area contributed by atoms with Crippen LogP contribution >= 0.6 is 15.9 Å². The lowest BCUT2D eigenvalue weighted by Crippen LogP contribution is -2.24. The van der Waals surface area contributed by atoms with E-state index in [9.17, 15) is 4.79 Å². The van der Waals surface area contributed by atoms with Crippen LogP contribution in [0.1, 0.15) is 23.3 Å². The van der Waals surface area contributed by atoms with Gasteiger partial charge in [-0.15, -0.1) is 0 Å². The van der Waals surface area contributed by atoms with Gasteiger partial charge in [0.15, 0.2) is 0 Å². The fourth-order valence-electron chi connectivity index (χ4n) is 1.88. The van der Waals surface area contributed by atoms with Gasteiger partial charge in [-0.1, -0.05) is 28.1 Å². The molecule has 5 nitrogen and oxygen atoms in total. The Bertz CT molecular complexity index is 581. The van der Waals surface area contributed by atoms with Gasteiger partial charge in [-0.25, -0.2) is 0 Å². The average Bonchev–Trinajstić information content (AvgIpc) is 2.97. The molecule has 0 unspecified atom stereocenters. The van der Waals surface area contributed by atoms with Gasteiger partial charge in [0.1, 0.15) is 5.69 Å². The third kappa shape index (κ3) is 4.68. The highest BCUT2D eigenvalue weighted by atomic mass is 79.9. The lowest BCUT2D eigenvalue weighted by Gasteiger charge is -2.02. The van der Waals surface area contributed by atoms with Crippen LogP contribution in [-0.4, -0.2) is 36.4 Å². The zero-order valence-electron chi connectivity index (χ0n) is 11.9. The predicted molar refractivity (Wildman–Crippen MR) is 85.2 cm³/mol. The zero-order chi connectivity index (χ0) is 15.1. The molecule has 2 aromatic rings. The van der Waals surface area contributed by atoms with Crippen LogP contribution in [-0.2, 0) is 4.74 Å². The summed E-state index contributed by atoms with van der Waals surface area (Å²) >= 11 is 3.39. The number of aromatic nitrogens is 2. The SMILES string of the molecule is COCCCCNC(=O)c1cc(-c2ccc(Br)cc2)n[nH]1. The van der Waals surface area contributed by atoms with Crippen molar-refractivity contribution >= 4 is 21.8 Å². The van der Waals surface area contributed by atoms with E-state index >= 15 is 0 Å². The Morgan fingerprint density at radius 1 is 1.33 bits per heavy atom. The van der Waals surface area contributed by atoms with Gasteiger partial charge in [-0.2, -0.15) is 5.10 Å². The van der Waals surface area contributed by atoms with Crippen LogP contribution in [0.4, 0.5) is 0 Å². The molecule has 0 aliphatic rings. The first-order valence-corrected chi connectivity index (χ1v) is 7.58. The quantitative estimate of drug-likeness (QED) is 0.753. The van der Waals surface area contributed by atoms with Crippen LogP contribution in [0.3, 0.4) is 0 Å². The summed E-state index contributed by atoms with van der Waals surface area (Å²) in [7, 11) is 1.67. The number of nitrogens with zero attached hydrogens (tertiary/aromatic N) is 1. The van der Waals surface area contributed by atoms with Gasteiger partial charge in [0.2, 0.25) is 0 Å². The number of carbonyl (C=O) groups is 1. The third-order valence-corrected chi connectivity index (χ3v) is 3.55. The van der Waals surface area contributed by atoms with Crippen molar-refractivity contribution in [2.75, 3.05) is 20.3 Å². The number of rotatable bonds is 7. The first-order chi connectivity index (χ1) is 10.2. The minimum absolute atomic E-state index is 0.136. The summed E-state index contributed by atoms with van der Waals surface area (Å²) in [5.41, 5.74) is 2.19. The summed E-state index contributed by atoms with van der Waals surface area (Å²) in [5.74, 6) is -0.136. The lowest BCUT2D eigenvalue weighted by molar-refractivity contribution is 0.0946. The Kier molecular flexibility index (Phi) is 5.95. The van der Waals surface area contributed by atoms with Crippen molar-refractivity contribution in [3.8, 4) is 11.3 Å². The Morgan fingerprint density at radius 2 is 2.10 bits per heavy atom. The molecule has 0 atom stereocenters. The third-order valence-electron chi connectivity index (χ3n) is 3.02. The second-order valence-corrected chi connectivity index (χ2v) is 5.55. The summed E-state index contributed by atoms with van der Waals surface area (Å²) in [5, 5.41) is 9.80. The Morgan fingerprint density at radius 3 is 2.81 bits per heavy atom. The maximum Gasteiger partial charge on any atom is 0.269 e. The number of hydrogen-bond acceptors (Lipinski definition) is 3. The Balaban J connectivity index is 1.90. The molecule has 0 aliphatic heterocycles. The number of hydrogen-bond donors (Lipinski definition) is 2. The molecule has 1 aromatic heterocycles. The molecule has 0 aliphatic carbocycles. The summed E-state index contributed by atoms with van der Waals surface area (Å²) in [6, 6.07) is 9.55. The van der Waals surface area contributed by atoms with E-state index in [1.807, 2.05) is 24.3 Å². The van der Waals surface area contributed by atoms with E-state index in [0.29, 0.717) is 18.8 Å². The fraction of sp³-hybridized carbons (Fsp3) is 0.333. The van der Waals surface area contributed by atoms with Crippen LogP contribution in [0.5, 0.6) is 0 Å². The van der Waals surface area contributed by atoms with E-state index in [1.54, 1.807) is 13.2 Å². The molecular weight excluding hydrogens is 334 g/mol. The molecule has 1 aromatic carbocycles. The summed E-state index contributed by atoms with van der Waals surface area (Å²) in [4.78, 5) is 12.0. The van der Waals surface area contributed by atoms with Crippen molar-refractivity contribution in [1.29, 1.82) is 0 Å². The monoisotopic (exact) mass is 351 g/mol. The molecule has 0 fully saturated rings. The molecule has 1 amide bonds. The number of ether oxygens (including phenoxy) is 1. The maximum absolute atomic E-state index is 12.0. The second kappa shape index (κ2) is 7.95. The van der Waals surface area contributed by atoms with E-state index in [0.717, 1.165) is 28.6 Å². The van der Waals surface area contributed by atoms with Gasteiger partial charge in [-0.05, 0) is 31.0 Å². The zero-order valence-corrected chi connectivity index (χ0v) is 13.4. The highest BCUT2D eigenvalue weighted by molar-refractivity contribution is 9.10. The van der Waals surface area contributed by atoms with Crippen LogP contribution < -0.4 is 5.32 Å². The molecule has 0 saturated heterocycles. The van der Waals surface area contributed by atoms with E-state index in [1.165, 1.54) is 0 Å². The molecule has 1 heterocycles. The number of H-pyrrole nitrogens is 1. The van der Waals surface area contributed by atoms with Gasteiger partial charge >= 0.3 is 0 Å². The number of unbranched alkanes of at least 4 members (excludes halogenated alkanes) is 1. The van der Waals surface area contributed by atoms with Gasteiger partial charge in [0.25, 0.3) is 5.91 Å². The highest BCUT2D eigenvalue weighted by Gasteiger charge is 2.10. The summed E-state index contributed by atoms with van der Waals surface area (Å²) in [6.07, 6.45) is 1.83. The van der Waals surface area contributed by atoms with E-state index in [2.05, 4.69) is 31.4 Å². The summed E-state index contributed by atoms with van der Waals surface area (Å²) < 4.78 is 5.97. The normalized spacial score (nSPS) is 10.6. The molecular formula is C15H18BrN3O2. The number of carbonyl (C=O) groups excluding carboxylic acids is 1. The molecule has 0 saturated carbocycles. The van der Waals surface area contributed by atoms with Gasteiger partial charge in [-0.3, -0.25) is 9.89 Å². The van der Waals surface area contributed by atoms with Crippen molar-refractivity contribution in [1.82, 2.24) is 15.5 Å². The molecule has 0 bridgehead atoms. The topological polar surface area (TPSA) is 67.0 Å². The number of halogens is 1. The fourth-order valence-corrected chi connectivity index (χ4v) is 2.14. The van der Waals surface area contributed by atoms with Crippen molar-refractivity contribution in [2.45, 2.75) is 12.8 Å². The van der Waals surface area contributed by atoms with Gasteiger partial charge < -0.3 is 10.1 Å². The number of nitrogens with one attached hydrogen (secondary N) is 2. The molecule has 0 radical (unpaired) electrons. The molecule has 112 valence electrons. The van der Waals surface area contributed by atoms with Crippen LogP contribution in [0.25, 0.3) is 11.3 Å². The van der Waals surface area contributed by atoms with E-state index in [4.69, 9.17) is 4.74 Å². The van der Waals surface area contributed by atoms with Gasteiger partial charge in [0, 0.05) is 30.3 Å².